The van der Waals surface area contributed by atoms with Gasteiger partial charge in [-0.25, -0.2) is 0 Å². The van der Waals surface area contributed by atoms with E-state index in [-0.39, 0.29) is 25.0 Å². The zero-order valence-corrected chi connectivity index (χ0v) is 15.4. The molecule has 0 spiro atoms. The molecular weight excluding hydrogens is 344 g/mol. The zero-order chi connectivity index (χ0) is 19.2. The van der Waals surface area contributed by atoms with E-state index in [1.54, 1.807) is 6.07 Å². The van der Waals surface area contributed by atoms with Crippen molar-refractivity contribution in [2.24, 2.45) is 0 Å². The number of nitrogens with zero attached hydrogens (tertiary/aromatic N) is 1. The summed E-state index contributed by atoms with van der Waals surface area (Å²) in [5.41, 5.74) is 3.36. The van der Waals surface area contributed by atoms with Gasteiger partial charge >= 0.3 is 5.97 Å². The SMILES string of the molecule is CCc1ccc(C(C)NC(=O)COC(=O)Cc2noc3ccccc23)cc1. The molecule has 1 aromatic heterocycles. The van der Waals surface area contributed by atoms with Crippen LogP contribution in [0.2, 0.25) is 0 Å². The summed E-state index contributed by atoms with van der Waals surface area (Å²) < 4.78 is 10.2. The lowest BCUT2D eigenvalue weighted by Gasteiger charge is -2.14. The van der Waals surface area contributed by atoms with Crippen LogP contribution in [0.4, 0.5) is 0 Å². The highest BCUT2D eigenvalue weighted by molar-refractivity contribution is 5.85. The Balaban J connectivity index is 1.48. The van der Waals surface area contributed by atoms with E-state index in [0.717, 1.165) is 17.4 Å². The number of para-hydroxylation sites is 1. The fraction of sp³-hybridized carbons (Fsp3) is 0.286. The number of fused-ring (bicyclic) bond motifs is 1. The zero-order valence-electron chi connectivity index (χ0n) is 15.4. The van der Waals surface area contributed by atoms with Crippen molar-refractivity contribution in [3.63, 3.8) is 0 Å². The Hall–Kier alpha value is -3.15. The van der Waals surface area contributed by atoms with Crippen molar-refractivity contribution in [1.82, 2.24) is 10.5 Å². The molecule has 6 nitrogen and oxygen atoms in total. The third kappa shape index (κ3) is 4.73. The van der Waals surface area contributed by atoms with Gasteiger partial charge < -0.3 is 14.6 Å². The van der Waals surface area contributed by atoms with Crippen molar-refractivity contribution in [3.05, 3.63) is 65.4 Å². The molecule has 1 unspecified atom stereocenters. The fourth-order valence-corrected chi connectivity index (χ4v) is 2.81. The van der Waals surface area contributed by atoms with Crippen LogP contribution in [-0.2, 0) is 27.2 Å². The van der Waals surface area contributed by atoms with Crippen LogP contribution in [0.3, 0.4) is 0 Å². The van der Waals surface area contributed by atoms with Crippen molar-refractivity contribution in [2.75, 3.05) is 6.61 Å². The Morgan fingerprint density at radius 2 is 1.89 bits per heavy atom. The van der Waals surface area contributed by atoms with Crippen LogP contribution in [0.1, 0.15) is 36.7 Å². The van der Waals surface area contributed by atoms with Crippen molar-refractivity contribution in [2.45, 2.75) is 32.7 Å². The van der Waals surface area contributed by atoms with Crippen LogP contribution in [-0.4, -0.2) is 23.6 Å². The van der Waals surface area contributed by atoms with Gasteiger partial charge in [-0.05, 0) is 36.6 Å². The van der Waals surface area contributed by atoms with Crippen LogP contribution in [0.5, 0.6) is 0 Å². The molecule has 1 atom stereocenters. The molecule has 0 radical (unpaired) electrons. The highest BCUT2D eigenvalue weighted by Gasteiger charge is 2.15. The van der Waals surface area contributed by atoms with Gasteiger partial charge in [0.15, 0.2) is 12.2 Å². The molecule has 0 aliphatic rings. The number of esters is 1. The molecule has 27 heavy (non-hydrogen) atoms. The average molecular weight is 366 g/mol. The van der Waals surface area contributed by atoms with Crippen molar-refractivity contribution in [1.29, 1.82) is 0 Å². The number of nitrogens with one attached hydrogen (secondary N) is 1. The van der Waals surface area contributed by atoms with E-state index in [2.05, 4.69) is 17.4 Å². The number of hydrogen-bond donors (Lipinski definition) is 1. The fourth-order valence-electron chi connectivity index (χ4n) is 2.81. The molecule has 3 rings (SSSR count). The van der Waals surface area contributed by atoms with Gasteiger partial charge in [0.1, 0.15) is 5.69 Å². The minimum Gasteiger partial charge on any atom is -0.455 e. The molecule has 0 aliphatic heterocycles. The number of amides is 1. The predicted molar refractivity (Wildman–Crippen MR) is 101 cm³/mol. The lowest BCUT2D eigenvalue weighted by Crippen LogP contribution is -2.31. The van der Waals surface area contributed by atoms with Crippen LogP contribution in [0, 0.1) is 0 Å². The van der Waals surface area contributed by atoms with E-state index in [0.29, 0.717) is 11.3 Å². The minimum absolute atomic E-state index is 0.0433. The molecule has 1 N–H and O–H groups in total. The maximum atomic E-state index is 12.0. The molecular formula is C21H22N2O4. The Bertz CT molecular complexity index is 931. The van der Waals surface area contributed by atoms with Gasteiger partial charge in [0.05, 0.1) is 12.5 Å². The summed E-state index contributed by atoms with van der Waals surface area (Å²) in [6.45, 7) is 3.66. The first-order chi connectivity index (χ1) is 13.1. The van der Waals surface area contributed by atoms with Crippen molar-refractivity contribution in [3.8, 4) is 0 Å². The molecule has 0 saturated carbocycles. The normalized spacial score (nSPS) is 11.9. The first-order valence-corrected chi connectivity index (χ1v) is 8.94. The largest absolute Gasteiger partial charge is 0.455 e. The summed E-state index contributed by atoms with van der Waals surface area (Å²) in [5.74, 6) is -0.871. The number of aromatic nitrogens is 1. The second-order valence-electron chi connectivity index (χ2n) is 6.35. The summed E-state index contributed by atoms with van der Waals surface area (Å²) in [4.78, 5) is 24.0. The highest BCUT2D eigenvalue weighted by atomic mass is 16.5. The van der Waals surface area contributed by atoms with Gasteiger partial charge in [-0.3, -0.25) is 9.59 Å². The number of hydrogen-bond acceptors (Lipinski definition) is 5. The van der Waals surface area contributed by atoms with E-state index in [9.17, 15) is 9.59 Å². The second kappa shape index (κ2) is 8.49. The van der Waals surface area contributed by atoms with Crippen LogP contribution >= 0.6 is 0 Å². The maximum Gasteiger partial charge on any atom is 0.312 e. The molecule has 0 saturated heterocycles. The topological polar surface area (TPSA) is 81.4 Å². The summed E-state index contributed by atoms with van der Waals surface area (Å²) in [6.07, 6.45) is 0.927. The van der Waals surface area contributed by atoms with Gasteiger partial charge in [-0.15, -0.1) is 0 Å². The maximum absolute atomic E-state index is 12.0. The van der Waals surface area contributed by atoms with Crippen LogP contribution in [0.25, 0.3) is 11.0 Å². The lowest BCUT2D eigenvalue weighted by molar-refractivity contribution is -0.148. The number of benzene rings is 2. The molecule has 3 aromatic rings. The molecule has 2 aromatic carbocycles. The molecule has 0 fully saturated rings. The summed E-state index contributed by atoms with van der Waals surface area (Å²) >= 11 is 0. The number of aryl methyl sites for hydroxylation is 1. The van der Waals surface area contributed by atoms with Crippen LogP contribution in [0.15, 0.2) is 53.1 Å². The Labute approximate surface area is 157 Å². The lowest BCUT2D eigenvalue weighted by atomic mass is 10.1. The smallest absolute Gasteiger partial charge is 0.312 e. The Kier molecular flexibility index (Phi) is 5.86. The molecule has 140 valence electrons. The van der Waals surface area contributed by atoms with E-state index in [1.807, 2.05) is 49.4 Å². The first kappa shape index (κ1) is 18.6. The van der Waals surface area contributed by atoms with E-state index >= 15 is 0 Å². The molecule has 0 bridgehead atoms. The quantitative estimate of drug-likeness (QED) is 0.649. The number of carbonyl (C=O) groups excluding carboxylic acids is 2. The van der Waals surface area contributed by atoms with E-state index in [1.165, 1.54) is 5.56 Å². The summed E-state index contributed by atoms with van der Waals surface area (Å²) in [6, 6.07) is 15.2. The standard InChI is InChI=1S/C21H22N2O4/c1-3-15-8-10-16(11-9-15)14(2)22-20(24)13-26-21(25)12-18-17-6-4-5-7-19(17)27-23-18/h4-11,14H,3,12-13H2,1-2H3,(H,22,24). The molecule has 6 heteroatoms. The number of carbonyl (C=O) groups is 2. The second-order valence-corrected chi connectivity index (χ2v) is 6.35. The number of ether oxygens (including phenoxy) is 1. The first-order valence-electron chi connectivity index (χ1n) is 8.94. The van der Waals surface area contributed by atoms with Gasteiger partial charge in [0.2, 0.25) is 0 Å². The average Bonchev–Trinajstić information content (AvgIpc) is 3.09. The molecule has 1 heterocycles. The van der Waals surface area contributed by atoms with Crippen molar-refractivity contribution < 1.29 is 18.8 Å². The van der Waals surface area contributed by atoms with E-state index < -0.39 is 5.97 Å². The minimum atomic E-state index is -0.524. The predicted octanol–water partition coefficient (Wildman–Crippen LogP) is 3.35. The third-order valence-corrected chi connectivity index (χ3v) is 4.39. The Morgan fingerprint density at radius 3 is 2.63 bits per heavy atom. The van der Waals surface area contributed by atoms with Crippen molar-refractivity contribution >= 4 is 22.8 Å². The number of rotatable bonds is 7. The van der Waals surface area contributed by atoms with Gasteiger partial charge in [0.25, 0.3) is 5.91 Å². The van der Waals surface area contributed by atoms with Gasteiger partial charge in [0, 0.05) is 5.39 Å². The van der Waals surface area contributed by atoms with Gasteiger partial charge in [-0.1, -0.05) is 48.5 Å². The molecule has 1 amide bonds. The summed E-state index contributed by atoms with van der Waals surface area (Å²) in [7, 11) is 0. The van der Waals surface area contributed by atoms with E-state index in [4.69, 9.17) is 9.26 Å². The summed E-state index contributed by atoms with van der Waals surface area (Å²) in [5, 5.41) is 7.48. The van der Waals surface area contributed by atoms with Gasteiger partial charge in [-0.2, -0.15) is 0 Å². The highest BCUT2D eigenvalue weighted by Crippen LogP contribution is 2.18. The Morgan fingerprint density at radius 1 is 1.15 bits per heavy atom. The third-order valence-electron chi connectivity index (χ3n) is 4.39. The monoisotopic (exact) mass is 366 g/mol. The van der Waals surface area contributed by atoms with Crippen LogP contribution < -0.4 is 5.32 Å². The molecule has 0 aliphatic carbocycles.